The van der Waals surface area contributed by atoms with Crippen LogP contribution in [0.3, 0.4) is 0 Å². The Morgan fingerprint density at radius 3 is 2.80 bits per heavy atom. The average molecular weight is 219 g/mol. The molecular formula is C9H17NO5. The number of carbonyl (C=O) groups is 1. The summed E-state index contributed by atoms with van der Waals surface area (Å²) in [7, 11) is 1.45. The van der Waals surface area contributed by atoms with Crippen LogP contribution in [0.4, 0.5) is 0 Å². The molecule has 0 saturated carbocycles. The Kier molecular flexibility index (Phi) is 4.46. The van der Waals surface area contributed by atoms with Crippen LogP contribution in [0.5, 0.6) is 0 Å². The predicted molar refractivity (Wildman–Crippen MR) is 51.0 cm³/mol. The van der Waals surface area contributed by atoms with E-state index in [1.54, 1.807) is 0 Å². The van der Waals surface area contributed by atoms with Gasteiger partial charge in [-0.3, -0.25) is 4.79 Å². The first-order chi connectivity index (χ1) is 7.08. The standard InChI is InChI=1S/C9H17NO5/c1-5(12)10-6-3-7(13)8(4-11)15-9(6)14-2/h6-9,11,13H,3-4H2,1-2H3,(H,10,12)/t6-,7-,8+,9-/m0/s1. The van der Waals surface area contributed by atoms with Gasteiger partial charge in [0.25, 0.3) is 0 Å². The molecule has 0 spiro atoms. The fraction of sp³-hybridized carbons (Fsp3) is 0.889. The molecule has 0 aromatic heterocycles. The van der Waals surface area contributed by atoms with Gasteiger partial charge in [0.2, 0.25) is 5.91 Å². The Morgan fingerprint density at radius 2 is 2.33 bits per heavy atom. The zero-order chi connectivity index (χ0) is 11.4. The van der Waals surface area contributed by atoms with E-state index < -0.39 is 18.5 Å². The summed E-state index contributed by atoms with van der Waals surface area (Å²) in [5, 5.41) is 21.1. The number of hydrogen-bond donors (Lipinski definition) is 3. The van der Waals surface area contributed by atoms with Crippen molar-refractivity contribution in [3.63, 3.8) is 0 Å². The molecule has 0 aromatic carbocycles. The Labute approximate surface area is 88.2 Å². The molecule has 1 amide bonds. The number of rotatable bonds is 3. The topological polar surface area (TPSA) is 88.0 Å². The molecule has 6 nitrogen and oxygen atoms in total. The van der Waals surface area contributed by atoms with Gasteiger partial charge in [-0.2, -0.15) is 0 Å². The van der Waals surface area contributed by atoms with E-state index in [0.717, 1.165) is 0 Å². The third-order valence-corrected chi connectivity index (χ3v) is 2.36. The highest BCUT2D eigenvalue weighted by atomic mass is 16.7. The van der Waals surface area contributed by atoms with E-state index in [-0.39, 0.29) is 18.6 Å². The second kappa shape index (κ2) is 5.41. The molecule has 0 unspecified atom stereocenters. The monoisotopic (exact) mass is 219 g/mol. The van der Waals surface area contributed by atoms with E-state index in [4.69, 9.17) is 14.6 Å². The molecule has 1 saturated heterocycles. The minimum atomic E-state index is -0.793. The van der Waals surface area contributed by atoms with E-state index in [1.807, 2.05) is 0 Å². The van der Waals surface area contributed by atoms with Crippen molar-refractivity contribution >= 4 is 5.91 Å². The molecule has 6 heteroatoms. The van der Waals surface area contributed by atoms with Crippen LogP contribution in [0, 0.1) is 0 Å². The van der Waals surface area contributed by atoms with Gasteiger partial charge in [0.05, 0.1) is 18.8 Å². The Morgan fingerprint density at radius 1 is 1.67 bits per heavy atom. The summed E-state index contributed by atoms with van der Waals surface area (Å²) in [5.41, 5.74) is 0. The largest absolute Gasteiger partial charge is 0.394 e. The summed E-state index contributed by atoms with van der Waals surface area (Å²) in [6.07, 6.45) is -1.77. The molecule has 15 heavy (non-hydrogen) atoms. The summed E-state index contributed by atoms with van der Waals surface area (Å²) in [6.45, 7) is 1.12. The Balaban J connectivity index is 2.60. The van der Waals surface area contributed by atoms with Crippen molar-refractivity contribution in [2.45, 2.75) is 37.9 Å². The van der Waals surface area contributed by atoms with Crippen LogP contribution in [-0.2, 0) is 14.3 Å². The number of amides is 1. The predicted octanol–water partition coefficient (Wildman–Crippen LogP) is -1.39. The van der Waals surface area contributed by atoms with Gasteiger partial charge in [0, 0.05) is 20.5 Å². The molecule has 0 bridgehead atoms. The summed E-state index contributed by atoms with van der Waals surface area (Å²) in [6, 6.07) is -0.384. The first-order valence-electron chi connectivity index (χ1n) is 4.82. The quantitative estimate of drug-likeness (QED) is 0.543. The van der Waals surface area contributed by atoms with Crippen molar-refractivity contribution in [2.75, 3.05) is 13.7 Å². The molecule has 1 rings (SSSR count). The molecule has 1 aliphatic heterocycles. The molecule has 0 aliphatic carbocycles. The average Bonchev–Trinajstić information content (AvgIpc) is 2.17. The molecule has 3 N–H and O–H groups in total. The summed E-state index contributed by atoms with van der Waals surface area (Å²) in [4.78, 5) is 10.9. The highest BCUT2D eigenvalue weighted by Gasteiger charge is 2.37. The first kappa shape index (κ1) is 12.4. The molecule has 1 heterocycles. The van der Waals surface area contributed by atoms with E-state index in [2.05, 4.69) is 5.32 Å². The maximum atomic E-state index is 10.9. The minimum Gasteiger partial charge on any atom is -0.394 e. The van der Waals surface area contributed by atoms with Crippen molar-refractivity contribution in [3.05, 3.63) is 0 Å². The molecule has 1 fully saturated rings. The second-order valence-electron chi connectivity index (χ2n) is 3.57. The van der Waals surface area contributed by atoms with Crippen molar-refractivity contribution < 1.29 is 24.5 Å². The van der Waals surface area contributed by atoms with Crippen LogP contribution in [0.1, 0.15) is 13.3 Å². The van der Waals surface area contributed by atoms with Gasteiger partial charge in [-0.25, -0.2) is 0 Å². The van der Waals surface area contributed by atoms with Crippen molar-refractivity contribution in [2.24, 2.45) is 0 Å². The zero-order valence-corrected chi connectivity index (χ0v) is 8.84. The number of carbonyl (C=O) groups excluding carboxylic acids is 1. The lowest BCUT2D eigenvalue weighted by Crippen LogP contribution is -2.55. The van der Waals surface area contributed by atoms with Gasteiger partial charge >= 0.3 is 0 Å². The fourth-order valence-corrected chi connectivity index (χ4v) is 1.65. The van der Waals surface area contributed by atoms with Gasteiger partial charge in [-0.05, 0) is 0 Å². The molecule has 1 aliphatic rings. The maximum absolute atomic E-state index is 10.9. The maximum Gasteiger partial charge on any atom is 0.217 e. The summed E-state index contributed by atoms with van der Waals surface area (Å²) >= 11 is 0. The summed E-state index contributed by atoms with van der Waals surface area (Å²) in [5.74, 6) is -0.208. The Bertz CT molecular complexity index is 223. The lowest BCUT2D eigenvalue weighted by atomic mass is 10.0. The van der Waals surface area contributed by atoms with Crippen LogP contribution >= 0.6 is 0 Å². The number of hydrogen-bond acceptors (Lipinski definition) is 5. The van der Waals surface area contributed by atoms with Crippen LogP contribution < -0.4 is 5.32 Å². The lowest BCUT2D eigenvalue weighted by molar-refractivity contribution is -0.232. The number of nitrogens with one attached hydrogen (secondary N) is 1. The lowest BCUT2D eigenvalue weighted by Gasteiger charge is -2.38. The molecule has 88 valence electrons. The molecule has 4 atom stereocenters. The number of methoxy groups -OCH3 is 1. The fourth-order valence-electron chi connectivity index (χ4n) is 1.65. The summed E-state index contributed by atoms with van der Waals surface area (Å²) < 4.78 is 10.3. The van der Waals surface area contributed by atoms with Crippen LogP contribution in [0.15, 0.2) is 0 Å². The van der Waals surface area contributed by atoms with Gasteiger partial charge in [-0.1, -0.05) is 0 Å². The third-order valence-electron chi connectivity index (χ3n) is 2.36. The van der Waals surface area contributed by atoms with Crippen LogP contribution in [0.2, 0.25) is 0 Å². The SMILES string of the molecule is CO[C@H]1O[C@H](CO)[C@@H](O)C[C@@H]1NC(C)=O. The van der Waals surface area contributed by atoms with Gasteiger partial charge in [0.15, 0.2) is 6.29 Å². The molecule has 0 radical (unpaired) electrons. The normalized spacial score (nSPS) is 36.3. The number of ether oxygens (including phenoxy) is 2. The van der Waals surface area contributed by atoms with Gasteiger partial charge < -0.3 is 25.0 Å². The van der Waals surface area contributed by atoms with E-state index in [9.17, 15) is 9.90 Å². The van der Waals surface area contributed by atoms with Crippen LogP contribution in [0.25, 0.3) is 0 Å². The number of aliphatic hydroxyl groups is 2. The van der Waals surface area contributed by atoms with Crippen molar-refractivity contribution in [1.82, 2.24) is 5.32 Å². The minimum absolute atomic E-state index is 0.208. The van der Waals surface area contributed by atoms with Gasteiger partial charge in [0.1, 0.15) is 6.10 Å². The first-order valence-corrected chi connectivity index (χ1v) is 4.82. The van der Waals surface area contributed by atoms with Gasteiger partial charge in [-0.15, -0.1) is 0 Å². The van der Waals surface area contributed by atoms with Crippen molar-refractivity contribution in [3.8, 4) is 0 Å². The second-order valence-corrected chi connectivity index (χ2v) is 3.57. The highest BCUT2D eigenvalue weighted by Crippen LogP contribution is 2.20. The highest BCUT2D eigenvalue weighted by molar-refractivity contribution is 5.73. The van der Waals surface area contributed by atoms with Crippen molar-refractivity contribution in [1.29, 1.82) is 0 Å². The Hall–Kier alpha value is -0.690. The van der Waals surface area contributed by atoms with E-state index in [1.165, 1.54) is 14.0 Å². The molecular weight excluding hydrogens is 202 g/mol. The zero-order valence-electron chi connectivity index (χ0n) is 8.84. The smallest absolute Gasteiger partial charge is 0.217 e. The molecule has 0 aromatic rings. The van der Waals surface area contributed by atoms with E-state index in [0.29, 0.717) is 6.42 Å². The number of aliphatic hydroxyl groups excluding tert-OH is 2. The van der Waals surface area contributed by atoms with Crippen LogP contribution in [-0.4, -0.2) is 54.4 Å². The van der Waals surface area contributed by atoms with E-state index >= 15 is 0 Å². The third kappa shape index (κ3) is 3.13.